The summed E-state index contributed by atoms with van der Waals surface area (Å²) < 4.78 is 0. The van der Waals surface area contributed by atoms with E-state index >= 15 is 0 Å². The number of aliphatic hydroxyl groups is 1. The molecule has 0 atom stereocenters. The molecule has 0 radical (unpaired) electrons. The van der Waals surface area contributed by atoms with E-state index in [1.165, 1.54) is 6.42 Å². The largest absolute Gasteiger partial charge is 0.388 e. The van der Waals surface area contributed by atoms with Crippen molar-refractivity contribution in [1.29, 1.82) is 0 Å². The van der Waals surface area contributed by atoms with E-state index in [-0.39, 0.29) is 5.54 Å². The first-order valence-electron chi connectivity index (χ1n) is 6.48. The Kier molecular flexibility index (Phi) is 2.85. The standard InChI is InChI=1S/C13H25NO/c1-10(2)11-4-8-13(15,9-5-11)12(14)6-3-7-12/h10-11,15H,3-9,14H2,1-2H3. The molecule has 2 aliphatic carbocycles. The molecule has 0 unspecified atom stereocenters. The Balaban J connectivity index is 1.96. The Hall–Kier alpha value is -0.0800. The van der Waals surface area contributed by atoms with Gasteiger partial charge in [0.25, 0.3) is 0 Å². The lowest BCUT2D eigenvalue weighted by molar-refractivity contribution is -0.105. The molecule has 2 rings (SSSR count). The van der Waals surface area contributed by atoms with Crippen LogP contribution in [0.4, 0.5) is 0 Å². The second-order valence-electron chi connectivity index (χ2n) is 6.12. The molecule has 0 spiro atoms. The first-order chi connectivity index (χ1) is 6.97. The fourth-order valence-electron chi connectivity index (χ4n) is 3.31. The van der Waals surface area contributed by atoms with Crippen molar-refractivity contribution in [3.63, 3.8) is 0 Å². The molecule has 88 valence electrons. The lowest BCUT2D eigenvalue weighted by Gasteiger charge is -2.53. The van der Waals surface area contributed by atoms with Gasteiger partial charge in [-0.15, -0.1) is 0 Å². The molecule has 2 fully saturated rings. The van der Waals surface area contributed by atoms with Crippen LogP contribution in [0, 0.1) is 11.8 Å². The number of nitrogens with two attached hydrogens (primary N) is 1. The quantitative estimate of drug-likeness (QED) is 0.737. The van der Waals surface area contributed by atoms with Crippen molar-refractivity contribution in [1.82, 2.24) is 0 Å². The Bertz CT molecular complexity index is 225. The highest BCUT2D eigenvalue weighted by molar-refractivity contribution is 5.10. The summed E-state index contributed by atoms with van der Waals surface area (Å²) in [5.41, 5.74) is 5.50. The molecule has 0 aromatic heterocycles. The number of hydrogen-bond donors (Lipinski definition) is 2. The average Bonchev–Trinajstić information content (AvgIpc) is 2.14. The third-order valence-electron chi connectivity index (χ3n) is 4.97. The van der Waals surface area contributed by atoms with Crippen LogP contribution in [0.1, 0.15) is 58.8 Å². The zero-order valence-corrected chi connectivity index (χ0v) is 10.1. The van der Waals surface area contributed by atoms with Gasteiger partial charge in [-0.05, 0) is 56.8 Å². The first-order valence-corrected chi connectivity index (χ1v) is 6.48. The number of hydrogen-bond acceptors (Lipinski definition) is 2. The van der Waals surface area contributed by atoms with Gasteiger partial charge in [0.05, 0.1) is 5.60 Å². The van der Waals surface area contributed by atoms with Crippen LogP contribution in [-0.2, 0) is 0 Å². The topological polar surface area (TPSA) is 46.2 Å². The molecule has 0 bridgehead atoms. The highest BCUT2D eigenvalue weighted by atomic mass is 16.3. The molecule has 2 aliphatic rings. The summed E-state index contributed by atoms with van der Waals surface area (Å²) in [6.45, 7) is 4.58. The van der Waals surface area contributed by atoms with Crippen LogP contribution in [0.2, 0.25) is 0 Å². The summed E-state index contributed by atoms with van der Waals surface area (Å²) in [5.74, 6) is 1.55. The van der Waals surface area contributed by atoms with Crippen LogP contribution in [-0.4, -0.2) is 16.2 Å². The molecule has 0 aliphatic heterocycles. The molecule has 15 heavy (non-hydrogen) atoms. The van der Waals surface area contributed by atoms with E-state index in [2.05, 4.69) is 13.8 Å². The summed E-state index contributed by atoms with van der Waals surface area (Å²) >= 11 is 0. The van der Waals surface area contributed by atoms with Crippen molar-refractivity contribution in [3.05, 3.63) is 0 Å². The van der Waals surface area contributed by atoms with E-state index in [9.17, 15) is 5.11 Å². The molecule has 0 heterocycles. The van der Waals surface area contributed by atoms with Crippen molar-refractivity contribution in [2.75, 3.05) is 0 Å². The van der Waals surface area contributed by atoms with E-state index in [1.54, 1.807) is 0 Å². The highest BCUT2D eigenvalue weighted by Crippen LogP contribution is 2.47. The smallest absolute Gasteiger partial charge is 0.0826 e. The second-order valence-corrected chi connectivity index (χ2v) is 6.12. The Morgan fingerprint density at radius 1 is 1.13 bits per heavy atom. The molecule has 0 amide bonds. The third-order valence-corrected chi connectivity index (χ3v) is 4.97. The normalized spacial score (nSPS) is 40.2. The second kappa shape index (κ2) is 3.74. The van der Waals surface area contributed by atoms with Crippen molar-refractivity contribution in [2.45, 2.75) is 69.9 Å². The van der Waals surface area contributed by atoms with Gasteiger partial charge in [0.15, 0.2) is 0 Å². The zero-order chi connectivity index (χ0) is 11.1. The van der Waals surface area contributed by atoms with Crippen LogP contribution in [0.15, 0.2) is 0 Å². The van der Waals surface area contributed by atoms with E-state index in [0.717, 1.165) is 50.4 Å². The van der Waals surface area contributed by atoms with Crippen LogP contribution in [0.3, 0.4) is 0 Å². The SMILES string of the molecule is CC(C)C1CCC(O)(C2(N)CCC2)CC1. The fraction of sp³-hybridized carbons (Fsp3) is 1.00. The van der Waals surface area contributed by atoms with E-state index in [4.69, 9.17) is 5.73 Å². The number of rotatable bonds is 2. The van der Waals surface area contributed by atoms with E-state index in [1.807, 2.05) is 0 Å². The molecular weight excluding hydrogens is 186 g/mol. The minimum Gasteiger partial charge on any atom is -0.388 e. The van der Waals surface area contributed by atoms with Crippen LogP contribution >= 0.6 is 0 Å². The summed E-state index contributed by atoms with van der Waals surface area (Å²) in [6, 6.07) is 0. The monoisotopic (exact) mass is 211 g/mol. The van der Waals surface area contributed by atoms with Gasteiger partial charge in [-0.25, -0.2) is 0 Å². The molecule has 2 saturated carbocycles. The average molecular weight is 211 g/mol. The maximum Gasteiger partial charge on any atom is 0.0826 e. The maximum atomic E-state index is 10.6. The molecular formula is C13H25NO. The molecule has 2 nitrogen and oxygen atoms in total. The predicted octanol–water partition coefficient (Wildman–Crippen LogP) is 2.45. The first kappa shape index (κ1) is 11.4. The summed E-state index contributed by atoms with van der Waals surface area (Å²) in [4.78, 5) is 0. The minimum atomic E-state index is -0.545. The third kappa shape index (κ3) is 1.83. The van der Waals surface area contributed by atoms with E-state index in [0.29, 0.717) is 0 Å². The van der Waals surface area contributed by atoms with Crippen LogP contribution < -0.4 is 5.73 Å². The molecule has 0 aromatic rings. The van der Waals surface area contributed by atoms with Crippen LogP contribution in [0.5, 0.6) is 0 Å². The minimum absolute atomic E-state index is 0.241. The van der Waals surface area contributed by atoms with Gasteiger partial charge in [0, 0.05) is 5.54 Å². The predicted molar refractivity (Wildman–Crippen MR) is 62.5 cm³/mol. The van der Waals surface area contributed by atoms with Gasteiger partial charge in [-0.1, -0.05) is 13.8 Å². The zero-order valence-electron chi connectivity index (χ0n) is 10.1. The van der Waals surface area contributed by atoms with Gasteiger partial charge >= 0.3 is 0 Å². The Morgan fingerprint density at radius 2 is 1.67 bits per heavy atom. The van der Waals surface area contributed by atoms with Crippen molar-refractivity contribution in [3.8, 4) is 0 Å². The van der Waals surface area contributed by atoms with E-state index < -0.39 is 5.60 Å². The summed E-state index contributed by atoms with van der Waals surface area (Å²) in [6.07, 6.45) is 7.41. The van der Waals surface area contributed by atoms with Gasteiger partial charge in [0.1, 0.15) is 0 Å². The molecule has 2 heteroatoms. The molecule has 0 saturated heterocycles. The molecule has 0 aromatic carbocycles. The van der Waals surface area contributed by atoms with Gasteiger partial charge < -0.3 is 10.8 Å². The van der Waals surface area contributed by atoms with Crippen molar-refractivity contribution >= 4 is 0 Å². The Morgan fingerprint density at radius 3 is 2.00 bits per heavy atom. The Labute approximate surface area is 93.2 Å². The van der Waals surface area contributed by atoms with Gasteiger partial charge in [0.2, 0.25) is 0 Å². The lowest BCUT2D eigenvalue weighted by Crippen LogP contribution is -2.65. The summed E-state index contributed by atoms with van der Waals surface area (Å²) in [7, 11) is 0. The van der Waals surface area contributed by atoms with Crippen molar-refractivity contribution in [2.24, 2.45) is 17.6 Å². The van der Waals surface area contributed by atoms with Crippen molar-refractivity contribution < 1.29 is 5.11 Å². The maximum absolute atomic E-state index is 10.6. The summed E-state index contributed by atoms with van der Waals surface area (Å²) in [5, 5.41) is 10.6. The molecule has 3 N–H and O–H groups in total. The highest BCUT2D eigenvalue weighted by Gasteiger charge is 2.52. The van der Waals surface area contributed by atoms with Gasteiger partial charge in [-0.3, -0.25) is 0 Å². The lowest BCUT2D eigenvalue weighted by atomic mass is 9.59. The van der Waals surface area contributed by atoms with Crippen LogP contribution in [0.25, 0.3) is 0 Å². The fourth-order valence-corrected chi connectivity index (χ4v) is 3.31. The van der Waals surface area contributed by atoms with Gasteiger partial charge in [-0.2, -0.15) is 0 Å².